The highest BCUT2D eigenvalue weighted by atomic mass is 32.2. The number of hydrogen-bond donors (Lipinski definition) is 1. The highest BCUT2D eigenvalue weighted by molar-refractivity contribution is 7.90. The van der Waals surface area contributed by atoms with Crippen LogP contribution in [-0.4, -0.2) is 37.2 Å². The van der Waals surface area contributed by atoms with E-state index in [2.05, 4.69) is 15.5 Å². The number of anilines is 1. The van der Waals surface area contributed by atoms with Crippen LogP contribution >= 0.6 is 0 Å². The summed E-state index contributed by atoms with van der Waals surface area (Å²) in [6, 6.07) is 7.90. The Bertz CT molecular complexity index is 683. The van der Waals surface area contributed by atoms with Gasteiger partial charge in [-0.2, -0.15) is 5.10 Å². The lowest BCUT2D eigenvalue weighted by molar-refractivity contribution is 0.600. The monoisotopic (exact) mass is 279 g/mol. The smallest absolute Gasteiger partial charge is 0.156 e. The average Bonchev–Trinajstić information content (AvgIpc) is 2.36. The molecule has 0 saturated carbocycles. The van der Waals surface area contributed by atoms with Gasteiger partial charge in [-0.1, -0.05) is 24.3 Å². The number of nitrogens with zero attached hydrogens (tertiary/aromatic N) is 2. The molecule has 2 aromatic rings. The van der Waals surface area contributed by atoms with Crippen LogP contribution in [0.15, 0.2) is 24.3 Å². The van der Waals surface area contributed by atoms with Crippen molar-refractivity contribution in [1.29, 1.82) is 0 Å². The predicted octanol–water partition coefficient (Wildman–Crippen LogP) is 1.78. The van der Waals surface area contributed by atoms with Gasteiger partial charge in [0.15, 0.2) is 5.82 Å². The van der Waals surface area contributed by atoms with Crippen LogP contribution in [-0.2, 0) is 9.84 Å². The van der Waals surface area contributed by atoms with Gasteiger partial charge in [0.05, 0.1) is 11.4 Å². The Morgan fingerprint density at radius 3 is 2.53 bits per heavy atom. The van der Waals surface area contributed by atoms with Crippen LogP contribution in [0.4, 0.5) is 5.82 Å². The topological polar surface area (TPSA) is 72.0 Å². The molecule has 6 heteroatoms. The molecule has 1 heterocycles. The molecule has 0 aliphatic rings. The van der Waals surface area contributed by atoms with Gasteiger partial charge < -0.3 is 5.32 Å². The van der Waals surface area contributed by atoms with E-state index in [9.17, 15) is 8.42 Å². The Balaban J connectivity index is 2.11. The van der Waals surface area contributed by atoms with Gasteiger partial charge in [-0.3, -0.25) is 0 Å². The Hall–Kier alpha value is -1.69. The van der Waals surface area contributed by atoms with E-state index in [-0.39, 0.29) is 5.75 Å². The van der Waals surface area contributed by atoms with Crippen LogP contribution in [0.2, 0.25) is 0 Å². The van der Waals surface area contributed by atoms with Gasteiger partial charge in [-0.15, -0.1) is 5.10 Å². The number of nitrogens with one attached hydrogen (secondary N) is 1. The predicted molar refractivity (Wildman–Crippen MR) is 77.1 cm³/mol. The summed E-state index contributed by atoms with van der Waals surface area (Å²) in [5, 5.41) is 13.5. The molecule has 5 nitrogen and oxygen atoms in total. The number of benzene rings is 1. The van der Waals surface area contributed by atoms with Crippen LogP contribution in [0.1, 0.15) is 12.1 Å². The van der Waals surface area contributed by atoms with Crippen molar-refractivity contribution >= 4 is 26.4 Å². The molecule has 1 aromatic carbocycles. The minimum absolute atomic E-state index is 0.178. The van der Waals surface area contributed by atoms with Crippen LogP contribution in [0, 0.1) is 6.92 Å². The maximum Gasteiger partial charge on any atom is 0.156 e. The zero-order valence-corrected chi connectivity index (χ0v) is 11.9. The van der Waals surface area contributed by atoms with Gasteiger partial charge in [0.2, 0.25) is 0 Å². The largest absolute Gasteiger partial charge is 0.368 e. The van der Waals surface area contributed by atoms with Crippen molar-refractivity contribution in [3.63, 3.8) is 0 Å². The number of aryl methyl sites for hydroxylation is 1. The molecule has 0 unspecified atom stereocenters. The van der Waals surface area contributed by atoms with Gasteiger partial charge in [-0.25, -0.2) is 8.42 Å². The zero-order valence-electron chi connectivity index (χ0n) is 11.0. The fraction of sp³-hybridized carbons (Fsp3) is 0.385. The third kappa shape index (κ3) is 3.64. The number of hydrogen-bond acceptors (Lipinski definition) is 5. The number of rotatable bonds is 5. The fourth-order valence-electron chi connectivity index (χ4n) is 1.91. The van der Waals surface area contributed by atoms with Gasteiger partial charge in [-0.05, 0) is 13.3 Å². The quantitative estimate of drug-likeness (QED) is 0.845. The molecule has 0 radical (unpaired) electrons. The first kappa shape index (κ1) is 13.7. The Morgan fingerprint density at radius 1 is 1.16 bits per heavy atom. The van der Waals surface area contributed by atoms with E-state index in [1.807, 2.05) is 31.2 Å². The van der Waals surface area contributed by atoms with Crippen molar-refractivity contribution in [3.8, 4) is 0 Å². The van der Waals surface area contributed by atoms with Gasteiger partial charge in [0.1, 0.15) is 9.84 Å². The standard InChI is InChI=1S/C13H17N3O2S/c1-10-11-6-3-4-7-12(11)13(16-15-10)14-8-5-9-19(2,17)18/h3-4,6-7H,5,8-9H2,1-2H3,(H,14,16). The maximum absolute atomic E-state index is 11.0. The van der Waals surface area contributed by atoms with E-state index in [4.69, 9.17) is 0 Å². The van der Waals surface area contributed by atoms with Crippen LogP contribution in [0.3, 0.4) is 0 Å². The molecule has 102 valence electrons. The molecule has 0 spiro atoms. The number of fused-ring (bicyclic) bond motifs is 1. The van der Waals surface area contributed by atoms with Crippen LogP contribution in [0.5, 0.6) is 0 Å². The molecule has 0 saturated heterocycles. The van der Waals surface area contributed by atoms with Gasteiger partial charge >= 0.3 is 0 Å². The highest BCUT2D eigenvalue weighted by Crippen LogP contribution is 2.21. The Kier molecular flexibility index (Phi) is 3.99. The molecule has 0 fully saturated rings. The van der Waals surface area contributed by atoms with Crippen molar-refractivity contribution in [3.05, 3.63) is 30.0 Å². The summed E-state index contributed by atoms with van der Waals surface area (Å²) in [4.78, 5) is 0. The van der Waals surface area contributed by atoms with E-state index in [0.29, 0.717) is 18.8 Å². The van der Waals surface area contributed by atoms with Gasteiger partial charge in [0.25, 0.3) is 0 Å². The molecular formula is C13H17N3O2S. The summed E-state index contributed by atoms with van der Waals surface area (Å²) in [6.45, 7) is 2.48. The molecule has 1 N–H and O–H groups in total. The van der Waals surface area contributed by atoms with E-state index in [0.717, 1.165) is 16.5 Å². The molecule has 19 heavy (non-hydrogen) atoms. The highest BCUT2D eigenvalue weighted by Gasteiger charge is 2.06. The van der Waals surface area contributed by atoms with Crippen molar-refractivity contribution in [2.24, 2.45) is 0 Å². The van der Waals surface area contributed by atoms with Gasteiger partial charge in [0, 0.05) is 23.6 Å². The van der Waals surface area contributed by atoms with E-state index >= 15 is 0 Å². The molecule has 0 atom stereocenters. The van der Waals surface area contributed by atoms with E-state index in [1.165, 1.54) is 6.26 Å². The Labute approximate surface area is 113 Å². The average molecular weight is 279 g/mol. The van der Waals surface area contributed by atoms with Crippen LogP contribution < -0.4 is 5.32 Å². The molecule has 0 bridgehead atoms. The first-order valence-corrected chi connectivity index (χ1v) is 8.17. The molecule has 0 aliphatic carbocycles. The summed E-state index contributed by atoms with van der Waals surface area (Å²) in [7, 11) is -2.90. The lowest BCUT2D eigenvalue weighted by Crippen LogP contribution is -2.11. The molecular weight excluding hydrogens is 262 g/mol. The molecule has 0 aliphatic heterocycles. The SMILES string of the molecule is Cc1nnc(NCCCS(C)(=O)=O)c2ccccc12. The lowest BCUT2D eigenvalue weighted by atomic mass is 10.1. The molecule has 1 aromatic heterocycles. The second kappa shape index (κ2) is 5.52. The third-order valence-electron chi connectivity index (χ3n) is 2.86. The minimum Gasteiger partial charge on any atom is -0.368 e. The Morgan fingerprint density at radius 2 is 1.84 bits per heavy atom. The lowest BCUT2D eigenvalue weighted by Gasteiger charge is -2.08. The summed E-state index contributed by atoms with van der Waals surface area (Å²) < 4.78 is 22.1. The normalized spacial score (nSPS) is 11.7. The van der Waals surface area contributed by atoms with Crippen molar-refractivity contribution in [1.82, 2.24) is 10.2 Å². The number of sulfone groups is 1. The van der Waals surface area contributed by atoms with Crippen molar-refractivity contribution < 1.29 is 8.42 Å². The summed E-state index contributed by atoms with van der Waals surface area (Å²) >= 11 is 0. The second-order valence-corrected chi connectivity index (χ2v) is 6.85. The first-order chi connectivity index (χ1) is 8.97. The summed E-state index contributed by atoms with van der Waals surface area (Å²) in [5.74, 6) is 0.881. The maximum atomic E-state index is 11.0. The number of aromatic nitrogens is 2. The van der Waals surface area contributed by atoms with Crippen molar-refractivity contribution in [2.45, 2.75) is 13.3 Å². The minimum atomic E-state index is -2.90. The molecule has 2 rings (SSSR count). The van der Waals surface area contributed by atoms with E-state index < -0.39 is 9.84 Å². The molecule has 0 amide bonds. The zero-order chi connectivity index (χ0) is 13.9. The fourth-order valence-corrected chi connectivity index (χ4v) is 2.58. The third-order valence-corrected chi connectivity index (χ3v) is 3.89. The van der Waals surface area contributed by atoms with Crippen LogP contribution in [0.25, 0.3) is 10.8 Å². The first-order valence-electron chi connectivity index (χ1n) is 6.11. The van der Waals surface area contributed by atoms with Crippen molar-refractivity contribution in [2.75, 3.05) is 23.9 Å². The second-order valence-electron chi connectivity index (χ2n) is 4.59. The van der Waals surface area contributed by atoms with E-state index in [1.54, 1.807) is 0 Å². The summed E-state index contributed by atoms with van der Waals surface area (Å²) in [6.07, 6.45) is 1.80. The summed E-state index contributed by atoms with van der Waals surface area (Å²) in [5.41, 5.74) is 0.886.